The minimum Gasteiger partial charge on any atom is -0.277 e. The molecular weight excluding hydrogens is 300 g/mol. The highest BCUT2D eigenvalue weighted by molar-refractivity contribution is 7.92. The summed E-state index contributed by atoms with van der Waals surface area (Å²) in [4.78, 5) is 0. The Morgan fingerprint density at radius 3 is 2.70 bits per heavy atom. The number of aryl methyl sites for hydroxylation is 2. The first-order valence-electron chi connectivity index (χ1n) is 5.57. The highest BCUT2D eigenvalue weighted by Crippen LogP contribution is 2.25. The Balaban J connectivity index is 2.50. The molecule has 6 nitrogen and oxygen atoms in total. The van der Waals surface area contributed by atoms with Crippen LogP contribution >= 0.6 is 11.6 Å². The fraction of sp³-hybridized carbons (Fsp3) is 0.167. The minimum atomic E-state index is -3.91. The lowest BCUT2D eigenvalue weighted by Crippen LogP contribution is -2.18. The number of aromatic nitrogens is 2. The van der Waals surface area contributed by atoms with E-state index in [9.17, 15) is 8.42 Å². The van der Waals surface area contributed by atoms with Crippen LogP contribution in [0.15, 0.2) is 29.4 Å². The van der Waals surface area contributed by atoms with Crippen molar-refractivity contribution >= 4 is 27.3 Å². The van der Waals surface area contributed by atoms with E-state index < -0.39 is 10.0 Å². The monoisotopic (exact) mass is 310 g/mol. The van der Waals surface area contributed by atoms with Crippen molar-refractivity contribution in [3.05, 3.63) is 40.5 Å². The number of sulfonamides is 1. The normalized spacial score (nSPS) is 11.1. The molecule has 0 radical (unpaired) electrons. The number of anilines is 1. The van der Waals surface area contributed by atoms with E-state index in [0.29, 0.717) is 5.56 Å². The van der Waals surface area contributed by atoms with Crippen LogP contribution in [0.25, 0.3) is 0 Å². The number of rotatable bonds is 3. The van der Waals surface area contributed by atoms with E-state index in [2.05, 4.69) is 9.82 Å². The number of benzene rings is 1. The summed E-state index contributed by atoms with van der Waals surface area (Å²) in [5, 5.41) is 12.8. The van der Waals surface area contributed by atoms with Crippen LogP contribution in [0.3, 0.4) is 0 Å². The van der Waals surface area contributed by atoms with Gasteiger partial charge in [0.25, 0.3) is 10.0 Å². The first kappa shape index (κ1) is 14.4. The first-order chi connectivity index (χ1) is 9.36. The molecule has 8 heteroatoms. The van der Waals surface area contributed by atoms with Crippen LogP contribution in [-0.4, -0.2) is 18.2 Å². The lowest BCUT2D eigenvalue weighted by Gasteiger charge is -2.11. The van der Waals surface area contributed by atoms with E-state index in [1.54, 1.807) is 19.1 Å². The van der Waals surface area contributed by atoms with Crippen molar-refractivity contribution in [3.8, 4) is 6.07 Å². The summed E-state index contributed by atoms with van der Waals surface area (Å²) in [6, 6.07) is 6.89. The molecular formula is C12H11ClN4O2S. The second-order valence-electron chi connectivity index (χ2n) is 4.14. The zero-order valence-electron chi connectivity index (χ0n) is 10.8. The van der Waals surface area contributed by atoms with E-state index in [1.807, 2.05) is 6.07 Å². The van der Waals surface area contributed by atoms with Crippen molar-refractivity contribution in [2.75, 3.05) is 4.72 Å². The van der Waals surface area contributed by atoms with E-state index in [1.165, 1.54) is 19.3 Å². The lowest BCUT2D eigenvalue weighted by atomic mass is 10.1. The molecule has 1 aromatic carbocycles. The maximum absolute atomic E-state index is 12.3. The third kappa shape index (κ3) is 2.48. The van der Waals surface area contributed by atoms with Crippen LogP contribution in [0.5, 0.6) is 0 Å². The average molecular weight is 311 g/mol. The average Bonchev–Trinajstić information content (AvgIpc) is 2.69. The summed E-state index contributed by atoms with van der Waals surface area (Å²) in [5.74, 6) is 0. The fourth-order valence-electron chi connectivity index (χ4n) is 1.80. The Labute approximate surface area is 121 Å². The van der Waals surface area contributed by atoms with Gasteiger partial charge >= 0.3 is 0 Å². The summed E-state index contributed by atoms with van der Waals surface area (Å²) in [6.07, 6.45) is 1.25. The number of nitrogens with one attached hydrogen (secondary N) is 1. The van der Waals surface area contributed by atoms with Crippen molar-refractivity contribution in [1.29, 1.82) is 5.26 Å². The summed E-state index contributed by atoms with van der Waals surface area (Å²) < 4.78 is 28.2. The molecule has 0 atom stereocenters. The summed E-state index contributed by atoms with van der Waals surface area (Å²) in [6.45, 7) is 1.73. The number of nitrogens with zero attached hydrogens (tertiary/aromatic N) is 3. The van der Waals surface area contributed by atoms with Crippen LogP contribution in [0, 0.1) is 18.3 Å². The highest BCUT2D eigenvalue weighted by atomic mass is 35.5. The largest absolute Gasteiger partial charge is 0.280 e. The quantitative estimate of drug-likeness (QED) is 0.939. The molecule has 0 aliphatic rings. The molecule has 0 amide bonds. The van der Waals surface area contributed by atoms with Gasteiger partial charge in [0.05, 0.1) is 22.5 Å². The molecule has 104 valence electrons. The number of halogens is 1. The topological polar surface area (TPSA) is 87.8 Å². The Morgan fingerprint density at radius 2 is 2.15 bits per heavy atom. The van der Waals surface area contributed by atoms with Gasteiger partial charge in [0.1, 0.15) is 6.07 Å². The predicted octanol–water partition coefficient (Wildman–Crippen LogP) is 2.05. The van der Waals surface area contributed by atoms with Crippen LogP contribution in [0.1, 0.15) is 11.1 Å². The summed E-state index contributed by atoms with van der Waals surface area (Å²) >= 11 is 5.83. The summed E-state index contributed by atoms with van der Waals surface area (Å²) in [5.41, 5.74) is 1.17. The van der Waals surface area contributed by atoms with Crippen molar-refractivity contribution in [2.24, 2.45) is 7.05 Å². The molecule has 0 saturated heterocycles. The Morgan fingerprint density at radius 1 is 1.45 bits per heavy atom. The Kier molecular flexibility index (Phi) is 3.70. The van der Waals surface area contributed by atoms with E-state index in [-0.39, 0.29) is 21.3 Å². The maximum atomic E-state index is 12.3. The zero-order valence-corrected chi connectivity index (χ0v) is 12.3. The Bertz CT molecular complexity index is 786. The van der Waals surface area contributed by atoms with Gasteiger partial charge in [-0.25, -0.2) is 0 Å². The predicted molar refractivity (Wildman–Crippen MR) is 74.9 cm³/mol. The van der Waals surface area contributed by atoms with E-state index in [4.69, 9.17) is 16.9 Å². The molecule has 2 rings (SSSR count). The van der Waals surface area contributed by atoms with E-state index >= 15 is 0 Å². The molecule has 0 aliphatic carbocycles. The maximum Gasteiger partial charge on any atom is 0.280 e. The molecule has 2 aromatic rings. The molecule has 1 aromatic heterocycles. The van der Waals surface area contributed by atoms with E-state index in [0.717, 1.165) is 4.68 Å². The van der Waals surface area contributed by atoms with Crippen molar-refractivity contribution < 1.29 is 8.42 Å². The second kappa shape index (κ2) is 5.15. The number of hydrogen-bond acceptors (Lipinski definition) is 4. The lowest BCUT2D eigenvalue weighted by molar-refractivity contribution is 0.582. The van der Waals surface area contributed by atoms with Crippen LogP contribution in [-0.2, 0) is 17.1 Å². The molecule has 0 spiro atoms. The third-order valence-corrected chi connectivity index (χ3v) is 4.60. The summed E-state index contributed by atoms with van der Waals surface area (Å²) in [7, 11) is -2.44. The fourth-order valence-corrected chi connectivity index (χ4v) is 3.53. The highest BCUT2D eigenvalue weighted by Gasteiger charge is 2.24. The van der Waals surface area contributed by atoms with Crippen LogP contribution < -0.4 is 4.72 Å². The van der Waals surface area contributed by atoms with Gasteiger partial charge in [-0.05, 0) is 18.6 Å². The van der Waals surface area contributed by atoms with Crippen LogP contribution in [0.2, 0.25) is 5.02 Å². The van der Waals surface area contributed by atoms with Gasteiger partial charge in [0.2, 0.25) is 0 Å². The molecule has 1 N–H and O–H groups in total. The molecule has 0 fully saturated rings. The van der Waals surface area contributed by atoms with Gasteiger partial charge < -0.3 is 0 Å². The van der Waals surface area contributed by atoms with Gasteiger partial charge in [0, 0.05) is 7.05 Å². The molecule has 0 bridgehead atoms. The van der Waals surface area contributed by atoms with Gasteiger partial charge in [-0.1, -0.05) is 23.7 Å². The molecule has 0 saturated carbocycles. The Hall–Kier alpha value is -2.04. The smallest absolute Gasteiger partial charge is 0.277 e. The van der Waals surface area contributed by atoms with Crippen LogP contribution in [0.4, 0.5) is 5.69 Å². The standard InChI is InChI=1S/C12H11ClN4O2S/c1-8-4-3-5-11(9(8)6-14)16-20(18,19)12-10(13)7-15-17(12)2/h3-5,7,16H,1-2H3. The second-order valence-corrected chi connectivity index (χ2v) is 6.14. The zero-order chi connectivity index (χ0) is 14.9. The van der Waals surface area contributed by atoms with Gasteiger partial charge in [-0.2, -0.15) is 18.8 Å². The number of hydrogen-bond donors (Lipinski definition) is 1. The SMILES string of the molecule is Cc1cccc(NS(=O)(=O)c2c(Cl)cnn2C)c1C#N. The molecule has 0 aliphatic heterocycles. The third-order valence-electron chi connectivity index (χ3n) is 2.73. The minimum absolute atomic E-state index is 0.0196. The van der Waals surface area contributed by atoms with Crippen molar-refractivity contribution in [1.82, 2.24) is 9.78 Å². The molecule has 1 heterocycles. The number of nitriles is 1. The van der Waals surface area contributed by atoms with Gasteiger partial charge in [-0.3, -0.25) is 9.40 Å². The van der Waals surface area contributed by atoms with Gasteiger partial charge in [-0.15, -0.1) is 0 Å². The first-order valence-corrected chi connectivity index (χ1v) is 7.43. The molecule has 0 unspecified atom stereocenters. The van der Waals surface area contributed by atoms with Gasteiger partial charge in [0.15, 0.2) is 5.03 Å². The van der Waals surface area contributed by atoms with Crippen molar-refractivity contribution in [3.63, 3.8) is 0 Å². The molecule has 20 heavy (non-hydrogen) atoms. The van der Waals surface area contributed by atoms with Crippen molar-refractivity contribution in [2.45, 2.75) is 11.9 Å².